The minimum absolute atomic E-state index is 0.186. The third-order valence-corrected chi connectivity index (χ3v) is 6.69. The maximum absolute atomic E-state index is 12.7. The first-order valence-electron chi connectivity index (χ1n) is 9.96. The summed E-state index contributed by atoms with van der Waals surface area (Å²) in [5.41, 5.74) is 3.51. The van der Waals surface area contributed by atoms with Crippen molar-refractivity contribution < 1.29 is 4.79 Å². The number of piperidine rings is 1. The van der Waals surface area contributed by atoms with Crippen LogP contribution in [-0.2, 0) is 11.3 Å². The van der Waals surface area contributed by atoms with Crippen molar-refractivity contribution in [1.82, 2.24) is 14.8 Å². The number of thiazole rings is 1. The molecule has 0 N–H and O–H groups in total. The smallest absolute Gasteiger partial charge is 0.236 e. The molecule has 1 aromatic heterocycles. The average molecular weight is 394 g/mol. The molecule has 0 spiro atoms. The number of para-hydroxylation sites is 1. The molecule has 0 unspecified atom stereocenters. The lowest BCUT2D eigenvalue weighted by Gasteiger charge is -2.32. The van der Waals surface area contributed by atoms with Crippen LogP contribution in [0.25, 0.3) is 10.2 Å². The topological polar surface area (TPSA) is 36.4 Å². The predicted molar refractivity (Wildman–Crippen MR) is 116 cm³/mol. The van der Waals surface area contributed by atoms with Crippen molar-refractivity contribution in [3.8, 4) is 0 Å². The predicted octanol–water partition coefficient (Wildman–Crippen LogP) is 4.44. The zero-order chi connectivity index (χ0) is 19.5. The highest BCUT2D eigenvalue weighted by atomic mass is 32.1. The Morgan fingerprint density at radius 3 is 2.79 bits per heavy atom. The second kappa shape index (κ2) is 8.41. The standard InChI is InChI=1S/C23H27N3OS/c1-17-9-11-18(12-10-17)14-25(2)22(27)16-26-13-5-6-19(15-26)23-24-20-7-3-4-8-21(20)28-23/h3-4,7-12,19H,5-6,13-16H2,1-2H3/t19-/m0/s1. The van der Waals surface area contributed by atoms with Crippen LogP contribution >= 0.6 is 11.3 Å². The van der Waals surface area contributed by atoms with E-state index in [2.05, 4.69) is 54.3 Å². The molecule has 2 heterocycles. The molecule has 2 aromatic carbocycles. The van der Waals surface area contributed by atoms with E-state index in [4.69, 9.17) is 4.98 Å². The third kappa shape index (κ3) is 4.42. The van der Waals surface area contributed by atoms with E-state index < -0.39 is 0 Å². The third-order valence-electron chi connectivity index (χ3n) is 5.49. The van der Waals surface area contributed by atoms with Gasteiger partial charge in [0, 0.05) is 26.1 Å². The Bertz CT molecular complexity index is 917. The molecule has 1 aliphatic heterocycles. The highest BCUT2D eigenvalue weighted by molar-refractivity contribution is 7.18. The van der Waals surface area contributed by atoms with Gasteiger partial charge in [-0.3, -0.25) is 9.69 Å². The number of hydrogen-bond acceptors (Lipinski definition) is 4. The van der Waals surface area contributed by atoms with Gasteiger partial charge in [-0.2, -0.15) is 0 Å². The maximum Gasteiger partial charge on any atom is 0.236 e. The summed E-state index contributed by atoms with van der Waals surface area (Å²) in [5, 5.41) is 1.21. The first-order valence-corrected chi connectivity index (χ1v) is 10.8. The first kappa shape index (κ1) is 19.1. The number of benzene rings is 2. The number of amides is 1. The van der Waals surface area contributed by atoms with Crippen LogP contribution in [0.15, 0.2) is 48.5 Å². The van der Waals surface area contributed by atoms with E-state index in [0.717, 1.165) is 31.4 Å². The van der Waals surface area contributed by atoms with Crippen LogP contribution in [0.2, 0.25) is 0 Å². The Hall–Kier alpha value is -2.24. The molecule has 3 aromatic rings. The highest BCUT2D eigenvalue weighted by Gasteiger charge is 2.26. The molecule has 5 heteroatoms. The number of nitrogens with zero attached hydrogens (tertiary/aromatic N) is 3. The van der Waals surface area contributed by atoms with Gasteiger partial charge in [0.05, 0.1) is 21.8 Å². The molecule has 4 nitrogen and oxygen atoms in total. The van der Waals surface area contributed by atoms with E-state index in [-0.39, 0.29) is 5.91 Å². The molecule has 0 radical (unpaired) electrons. The SMILES string of the molecule is Cc1ccc(CN(C)C(=O)CN2CCC[C@H](c3nc4ccccc4s3)C2)cc1. The average Bonchev–Trinajstić information content (AvgIpc) is 3.14. The van der Waals surface area contributed by atoms with E-state index in [1.807, 2.05) is 18.0 Å². The first-order chi connectivity index (χ1) is 13.6. The van der Waals surface area contributed by atoms with Gasteiger partial charge in [0.1, 0.15) is 0 Å². The van der Waals surface area contributed by atoms with Gasteiger partial charge in [-0.25, -0.2) is 4.98 Å². The number of aromatic nitrogens is 1. The second-order valence-electron chi connectivity index (χ2n) is 7.83. The van der Waals surface area contributed by atoms with Crippen molar-refractivity contribution in [1.29, 1.82) is 0 Å². The van der Waals surface area contributed by atoms with Crippen LogP contribution in [-0.4, -0.2) is 47.4 Å². The van der Waals surface area contributed by atoms with Gasteiger partial charge in [-0.15, -0.1) is 11.3 Å². The van der Waals surface area contributed by atoms with Gasteiger partial charge in [-0.1, -0.05) is 42.0 Å². The Kier molecular flexibility index (Phi) is 5.74. The zero-order valence-corrected chi connectivity index (χ0v) is 17.4. The fourth-order valence-electron chi connectivity index (χ4n) is 3.83. The van der Waals surface area contributed by atoms with Crippen LogP contribution in [0, 0.1) is 6.92 Å². The van der Waals surface area contributed by atoms with Gasteiger partial charge in [0.25, 0.3) is 0 Å². The van der Waals surface area contributed by atoms with Crippen LogP contribution in [0.1, 0.15) is 34.9 Å². The Balaban J connectivity index is 1.36. The lowest BCUT2D eigenvalue weighted by Crippen LogP contribution is -2.42. The lowest BCUT2D eigenvalue weighted by atomic mass is 9.98. The van der Waals surface area contributed by atoms with Crippen molar-refractivity contribution in [3.63, 3.8) is 0 Å². The van der Waals surface area contributed by atoms with Crippen LogP contribution in [0.3, 0.4) is 0 Å². The molecule has 1 amide bonds. The summed E-state index contributed by atoms with van der Waals surface area (Å²) >= 11 is 1.80. The number of likely N-dealkylation sites (N-methyl/N-ethyl adjacent to an activating group) is 1. The number of rotatable bonds is 5. The summed E-state index contributed by atoms with van der Waals surface area (Å²) in [6.07, 6.45) is 2.28. The second-order valence-corrected chi connectivity index (χ2v) is 8.89. The summed E-state index contributed by atoms with van der Waals surface area (Å²) in [6, 6.07) is 16.7. The summed E-state index contributed by atoms with van der Waals surface area (Å²) < 4.78 is 1.25. The largest absolute Gasteiger partial charge is 0.340 e. The number of hydrogen-bond donors (Lipinski definition) is 0. The van der Waals surface area contributed by atoms with E-state index in [1.54, 1.807) is 11.3 Å². The quantitative estimate of drug-likeness (QED) is 0.643. The number of carbonyl (C=O) groups excluding carboxylic acids is 1. The van der Waals surface area contributed by atoms with E-state index in [1.165, 1.54) is 20.8 Å². The van der Waals surface area contributed by atoms with Crippen molar-refractivity contribution in [2.45, 2.75) is 32.2 Å². The van der Waals surface area contributed by atoms with Crippen molar-refractivity contribution in [2.24, 2.45) is 0 Å². The molecule has 0 aliphatic carbocycles. The molecule has 1 saturated heterocycles. The van der Waals surface area contributed by atoms with Crippen molar-refractivity contribution >= 4 is 27.5 Å². The molecular weight excluding hydrogens is 366 g/mol. The summed E-state index contributed by atoms with van der Waals surface area (Å²) in [7, 11) is 1.90. The molecule has 28 heavy (non-hydrogen) atoms. The van der Waals surface area contributed by atoms with E-state index >= 15 is 0 Å². The minimum Gasteiger partial charge on any atom is -0.340 e. The Morgan fingerprint density at radius 2 is 2.00 bits per heavy atom. The van der Waals surface area contributed by atoms with Gasteiger partial charge in [-0.05, 0) is 44.0 Å². The lowest BCUT2D eigenvalue weighted by molar-refractivity contribution is -0.131. The fraction of sp³-hybridized carbons (Fsp3) is 0.391. The monoisotopic (exact) mass is 393 g/mol. The minimum atomic E-state index is 0.186. The Morgan fingerprint density at radius 1 is 1.21 bits per heavy atom. The molecule has 4 rings (SSSR count). The summed E-state index contributed by atoms with van der Waals surface area (Å²) in [4.78, 5) is 21.7. The highest BCUT2D eigenvalue weighted by Crippen LogP contribution is 2.32. The van der Waals surface area contributed by atoms with Gasteiger partial charge >= 0.3 is 0 Å². The molecule has 1 aliphatic rings. The van der Waals surface area contributed by atoms with E-state index in [9.17, 15) is 4.79 Å². The van der Waals surface area contributed by atoms with Gasteiger partial charge in [0.15, 0.2) is 0 Å². The summed E-state index contributed by atoms with van der Waals surface area (Å²) in [5.74, 6) is 0.617. The molecule has 1 fully saturated rings. The van der Waals surface area contributed by atoms with Crippen molar-refractivity contribution in [3.05, 3.63) is 64.7 Å². The number of aryl methyl sites for hydroxylation is 1. The summed E-state index contributed by atoms with van der Waals surface area (Å²) in [6.45, 7) is 5.14. The van der Waals surface area contributed by atoms with Crippen LogP contribution in [0.4, 0.5) is 0 Å². The number of fused-ring (bicyclic) bond motifs is 1. The molecule has 146 valence electrons. The molecule has 1 atom stereocenters. The molecular formula is C23H27N3OS. The van der Waals surface area contributed by atoms with Crippen LogP contribution < -0.4 is 0 Å². The molecule has 0 saturated carbocycles. The maximum atomic E-state index is 12.7. The van der Waals surface area contributed by atoms with E-state index in [0.29, 0.717) is 19.0 Å². The fourth-order valence-corrected chi connectivity index (χ4v) is 4.93. The normalized spacial score (nSPS) is 17.7. The number of carbonyl (C=O) groups is 1. The van der Waals surface area contributed by atoms with Gasteiger partial charge in [0.2, 0.25) is 5.91 Å². The van der Waals surface area contributed by atoms with Gasteiger partial charge < -0.3 is 4.90 Å². The number of likely N-dealkylation sites (tertiary alicyclic amines) is 1. The zero-order valence-electron chi connectivity index (χ0n) is 16.6. The van der Waals surface area contributed by atoms with Crippen molar-refractivity contribution in [2.75, 3.05) is 26.7 Å². The molecule has 0 bridgehead atoms. The van der Waals surface area contributed by atoms with Crippen LogP contribution in [0.5, 0.6) is 0 Å². The Labute approximate surface area is 170 Å².